The molecule has 13 heteroatoms. The van der Waals surface area contributed by atoms with Gasteiger partial charge in [0.15, 0.2) is 35.1 Å². The number of hydrogen-bond acceptors (Lipinski definition) is 9. The summed E-state index contributed by atoms with van der Waals surface area (Å²) in [6, 6.07) is -0.168. The van der Waals surface area contributed by atoms with Gasteiger partial charge in [0.25, 0.3) is 5.91 Å². The number of fused-ring (bicyclic) bond motifs is 2. The largest absolute Gasteiger partial charge is 0.395 e. The molecule has 4 aliphatic rings. The van der Waals surface area contributed by atoms with Crippen LogP contribution in [0.15, 0.2) is 12.7 Å². The minimum atomic E-state index is -0.920. The van der Waals surface area contributed by atoms with Gasteiger partial charge in [-0.3, -0.25) is 14.7 Å². The highest BCUT2D eigenvalue weighted by molar-refractivity contribution is 5.96. The Hall–Kier alpha value is -2.87. The maximum atomic E-state index is 12.9. The third-order valence-corrected chi connectivity index (χ3v) is 7.98. The number of carbonyl (C=O) groups excluding carboxylic acids is 2. The Labute approximate surface area is 220 Å². The SMILES string of the molecule is O=C(Nc1ncnc2c1ncn2[C@@H]1O[C@H](C(=O)NCCO)C2OC3(CCCCC3)OC21)NC1CCCCC1. The third kappa shape index (κ3) is 4.83. The zero-order chi connectivity index (χ0) is 26.1. The number of aliphatic hydroxyl groups is 1. The van der Waals surface area contributed by atoms with Gasteiger partial charge in [-0.15, -0.1) is 0 Å². The van der Waals surface area contributed by atoms with E-state index in [4.69, 9.17) is 14.2 Å². The minimum Gasteiger partial charge on any atom is -0.395 e. The molecule has 6 rings (SSSR count). The summed E-state index contributed by atoms with van der Waals surface area (Å²) in [6.07, 6.45) is 10.1. The zero-order valence-corrected chi connectivity index (χ0v) is 21.3. The standard InChI is InChI=1S/C25H35N7O6/c33-12-11-26-22(34)18-17-19(38-25(37-17)9-5-2-6-10-25)23(36-18)32-14-29-16-20(27-13-28-21(16)32)31-24(35)30-15-7-3-1-4-8-15/h13-15,17-19,23,33H,1-12H2,(H,26,34)(H2,27,28,30,31,35)/t17?,18-,19?,23+/m0/s1. The number of urea groups is 1. The predicted molar refractivity (Wildman–Crippen MR) is 134 cm³/mol. The van der Waals surface area contributed by atoms with Crippen molar-refractivity contribution in [3.05, 3.63) is 12.7 Å². The van der Waals surface area contributed by atoms with E-state index in [-0.39, 0.29) is 31.1 Å². The number of rotatable bonds is 6. The third-order valence-electron chi connectivity index (χ3n) is 7.98. The number of ether oxygens (including phenoxy) is 3. The molecule has 4 heterocycles. The first-order valence-corrected chi connectivity index (χ1v) is 13.7. The van der Waals surface area contributed by atoms with Crippen LogP contribution in [-0.2, 0) is 19.0 Å². The van der Waals surface area contributed by atoms with Crippen molar-refractivity contribution in [2.75, 3.05) is 18.5 Å². The fourth-order valence-electron chi connectivity index (χ4n) is 6.16. The maximum absolute atomic E-state index is 12.9. The molecule has 13 nitrogen and oxygen atoms in total. The second-order valence-corrected chi connectivity index (χ2v) is 10.6. The number of nitrogens with zero attached hydrogens (tertiary/aromatic N) is 4. The number of nitrogens with one attached hydrogen (secondary N) is 3. The molecule has 2 saturated carbocycles. The first kappa shape index (κ1) is 25.4. The summed E-state index contributed by atoms with van der Waals surface area (Å²) >= 11 is 0. The Bertz CT molecular complexity index is 1160. The minimum absolute atomic E-state index is 0.117. The number of imidazole rings is 1. The summed E-state index contributed by atoms with van der Waals surface area (Å²) in [5.74, 6) is -0.810. The molecule has 4 N–H and O–H groups in total. The van der Waals surface area contributed by atoms with Gasteiger partial charge in [-0.2, -0.15) is 0 Å². The first-order valence-electron chi connectivity index (χ1n) is 13.7. The highest BCUT2D eigenvalue weighted by Crippen LogP contribution is 2.49. The Balaban J connectivity index is 1.25. The quantitative estimate of drug-likeness (QED) is 0.437. The van der Waals surface area contributed by atoms with Gasteiger partial charge in [0.2, 0.25) is 0 Å². The van der Waals surface area contributed by atoms with Crippen molar-refractivity contribution < 1.29 is 28.9 Å². The number of carbonyl (C=O) groups is 2. The summed E-state index contributed by atoms with van der Waals surface area (Å²) in [4.78, 5) is 38.8. The molecule has 1 spiro atoms. The number of amides is 3. The fourth-order valence-corrected chi connectivity index (χ4v) is 6.16. The van der Waals surface area contributed by atoms with E-state index in [9.17, 15) is 14.7 Å². The van der Waals surface area contributed by atoms with E-state index >= 15 is 0 Å². The van der Waals surface area contributed by atoms with Crippen LogP contribution in [0.2, 0.25) is 0 Å². The molecule has 4 fully saturated rings. The van der Waals surface area contributed by atoms with Crippen LogP contribution in [0.3, 0.4) is 0 Å². The smallest absolute Gasteiger partial charge is 0.320 e. The van der Waals surface area contributed by atoms with Crippen molar-refractivity contribution in [1.82, 2.24) is 30.2 Å². The average Bonchev–Trinajstić information content (AvgIpc) is 3.60. The van der Waals surface area contributed by atoms with Gasteiger partial charge in [-0.25, -0.2) is 19.7 Å². The number of anilines is 1. The van der Waals surface area contributed by atoms with E-state index in [0.717, 1.165) is 57.8 Å². The summed E-state index contributed by atoms with van der Waals surface area (Å²) < 4.78 is 20.9. The molecule has 0 aromatic carbocycles. The van der Waals surface area contributed by atoms with Crippen molar-refractivity contribution in [1.29, 1.82) is 0 Å². The van der Waals surface area contributed by atoms with Crippen molar-refractivity contribution in [3.63, 3.8) is 0 Å². The van der Waals surface area contributed by atoms with Gasteiger partial charge >= 0.3 is 6.03 Å². The molecule has 4 atom stereocenters. The van der Waals surface area contributed by atoms with E-state index in [1.807, 2.05) is 0 Å². The Kier molecular flexibility index (Phi) is 7.16. The van der Waals surface area contributed by atoms with Crippen LogP contribution in [0.1, 0.15) is 70.4 Å². The summed E-state index contributed by atoms with van der Waals surface area (Å²) in [7, 11) is 0. The Morgan fingerprint density at radius 2 is 1.79 bits per heavy atom. The molecular formula is C25H35N7O6. The van der Waals surface area contributed by atoms with Gasteiger partial charge in [0.05, 0.1) is 12.9 Å². The van der Waals surface area contributed by atoms with E-state index in [2.05, 4.69) is 30.9 Å². The highest BCUT2D eigenvalue weighted by Gasteiger charge is 2.60. The van der Waals surface area contributed by atoms with Gasteiger partial charge < -0.3 is 30.0 Å². The average molecular weight is 530 g/mol. The summed E-state index contributed by atoms with van der Waals surface area (Å²) in [6.45, 7) is -0.0591. The molecule has 2 aliphatic carbocycles. The van der Waals surface area contributed by atoms with Gasteiger partial charge in [-0.05, 0) is 25.7 Å². The molecule has 206 valence electrons. The van der Waals surface area contributed by atoms with Crippen molar-refractivity contribution in [2.24, 2.45) is 0 Å². The summed E-state index contributed by atoms with van der Waals surface area (Å²) in [5.41, 5.74) is 0.854. The van der Waals surface area contributed by atoms with Gasteiger partial charge in [0, 0.05) is 25.4 Å². The van der Waals surface area contributed by atoms with Crippen LogP contribution >= 0.6 is 0 Å². The van der Waals surface area contributed by atoms with Crippen molar-refractivity contribution in [2.45, 2.75) is 101 Å². The van der Waals surface area contributed by atoms with E-state index in [0.29, 0.717) is 17.0 Å². The zero-order valence-electron chi connectivity index (χ0n) is 21.3. The molecule has 38 heavy (non-hydrogen) atoms. The molecule has 2 saturated heterocycles. The molecule has 2 unspecified atom stereocenters. The van der Waals surface area contributed by atoms with Crippen LogP contribution in [0, 0.1) is 0 Å². The monoisotopic (exact) mass is 529 g/mol. The lowest BCUT2D eigenvalue weighted by atomic mass is 9.94. The molecular weight excluding hydrogens is 494 g/mol. The molecule has 2 aliphatic heterocycles. The van der Waals surface area contributed by atoms with Crippen LogP contribution in [0.4, 0.5) is 10.6 Å². The number of hydrogen-bond donors (Lipinski definition) is 4. The molecule has 2 aromatic rings. The maximum Gasteiger partial charge on any atom is 0.320 e. The van der Waals surface area contributed by atoms with E-state index in [1.54, 1.807) is 10.9 Å². The van der Waals surface area contributed by atoms with Crippen LogP contribution in [0.25, 0.3) is 11.2 Å². The number of aliphatic hydroxyl groups excluding tert-OH is 1. The van der Waals surface area contributed by atoms with Crippen molar-refractivity contribution in [3.8, 4) is 0 Å². The molecule has 2 aromatic heterocycles. The van der Waals surface area contributed by atoms with Crippen LogP contribution < -0.4 is 16.0 Å². The first-order chi connectivity index (χ1) is 18.6. The summed E-state index contributed by atoms with van der Waals surface area (Å²) in [5, 5.41) is 17.7. The van der Waals surface area contributed by atoms with Gasteiger partial charge in [-0.1, -0.05) is 25.7 Å². The molecule has 0 bridgehead atoms. The van der Waals surface area contributed by atoms with Crippen LogP contribution in [0.5, 0.6) is 0 Å². The second kappa shape index (κ2) is 10.7. The lowest BCUT2D eigenvalue weighted by Crippen LogP contribution is -2.44. The normalized spacial score (nSPS) is 28.9. The topological polar surface area (TPSA) is 162 Å². The Morgan fingerprint density at radius 3 is 2.58 bits per heavy atom. The second-order valence-electron chi connectivity index (χ2n) is 10.6. The molecule has 3 amide bonds. The highest BCUT2D eigenvalue weighted by atomic mass is 16.8. The fraction of sp³-hybridized carbons (Fsp3) is 0.720. The van der Waals surface area contributed by atoms with E-state index < -0.39 is 30.3 Å². The molecule has 0 radical (unpaired) electrons. The lowest BCUT2D eigenvalue weighted by Gasteiger charge is -2.34. The number of aromatic nitrogens is 4. The van der Waals surface area contributed by atoms with Crippen LogP contribution in [-0.4, -0.2) is 79.9 Å². The van der Waals surface area contributed by atoms with E-state index in [1.165, 1.54) is 12.7 Å². The predicted octanol–water partition coefficient (Wildman–Crippen LogP) is 1.73. The lowest BCUT2D eigenvalue weighted by molar-refractivity contribution is -0.229. The van der Waals surface area contributed by atoms with Gasteiger partial charge in [0.1, 0.15) is 18.5 Å². The Morgan fingerprint density at radius 1 is 1.03 bits per heavy atom. The van der Waals surface area contributed by atoms with Crippen molar-refractivity contribution >= 4 is 28.9 Å².